The molecule has 214 valence electrons. The van der Waals surface area contributed by atoms with Crippen molar-refractivity contribution in [1.29, 1.82) is 0 Å². The Balaban J connectivity index is 1.47. The third kappa shape index (κ3) is 3.93. The van der Waals surface area contributed by atoms with Crippen LogP contribution in [0.1, 0.15) is 56.4 Å². The number of alkyl halides is 3. The molecule has 41 heavy (non-hydrogen) atoms. The van der Waals surface area contributed by atoms with Crippen molar-refractivity contribution in [3.05, 3.63) is 87.2 Å². The van der Waals surface area contributed by atoms with Crippen molar-refractivity contribution in [3.8, 4) is 5.88 Å². The lowest BCUT2D eigenvalue weighted by atomic mass is 9.57. The molecule has 11 heteroatoms. The standard InChI is InChI=1S/C30H27F3N2O6/c1-14-9-10-18(30(31,32)33)17-11-16-12-19-23(35(2)3)25-22(28(34-41-25)40-13-15-7-5-4-6-8-15)27(38)29(19,39)26(37)21(16)24(36)20(14)17/h4-10,16,19,23,36,39H,11-13H2,1-3H3/t16-,19-,23-,29-/m0/s1. The smallest absolute Gasteiger partial charge is 0.416 e. The number of carbonyl (C=O) groups excluding carboxylic acids is 2. The van der Waals surface area contributed by atoms with Gasteiger partial charge in [-0.25, -0.2) is 0 Å². The van der Waals surface area contributed by atoms with Gasteiger partial charge in [-0.1, -0.05) is 36.4 Å². The molecule has 0 unspecified atom stereocenters. The average molecular weight is 569 g/mol. The van der Waals surface area contributed by atoms with Crippen LogP contribution in [-0.2, 0) is 24.0 Å². The number of ether oxygens (including phenoxy) is 1. The number of aryl methyl sites for hydroxylation is 1. The van der Waals surface area contributed by atoms with Crippen LogP contribution >= 0.6 is 0 Å². The lowest BCUT2D eigenvalue weighted by Crippen LogP contribution is -2.63. The number of fused-ring (bicyclic) bond motifs is 4. The number of ketones is 2. The van der Waals surface area contributed by atoms with Crippen LogP contribution < -0.4 is 4.74 Å². The number of halogens is 3. The molecule has 1 heterocycles. The number of aliphatic hydroxyl groups is 2. The van der Waals surface area contributed by atoms with Crippen LogP contribution in [0.3, 0.4) is 0 Å². The van der Waals surface area contributed by atoms with Crippen LogP contribution in [0, 0.1) is 18.8 Å². The van der Waals surface area contributed by atoms with Crippen molar-refractivity contribution in [1.82, 2.24) is 10.1 Å². The minimum atomic E-state index is -4.67. The molecule has 2 aromatic carbocycles. The molecule has 0 amide bonds. The van der Waals surface area contributed by atoms with Gasteiger partial charge in [0, 0.05) is 17.1 Å². The van der Waals surface area contributed by atoms with Gasteiger partial charge in [-0.05, 0) is 67.7 Å². The number of carbonyl (C=O) groups is 2. The Morgan fingerprint density at radius 3 is 2.46 bits per heavy atom. The van der Waals surface area contributed by atoms with E-state index in [9.17, 15) is 33.0 Å². The Morgan fingerprint density at radius 1 is 1.10 bits per heavy atom. The highest BCUT2D eigenvalue weighted by atomic mass is 19.4. The fraction of sp³-hybridized carbons (Fsp3) is 0.367. The van der Waals surface area contributed by atoms with Gasteiger partial charge in [0.15, 0.2) is 11.4 Å². The van der Waals surface area contributed by atoms with E-state index < -0.39 is 52.5 Å². The highest BCUT2D eigenvalue weighted by Gasteiger charge is 2.65. The maximum absolute atomic E-state index is 14.1. The molecule has 0 spiro atoms. The fourth-order valence-corrected chi connectivity index (χ4v) is 6.71. The molecule has 1 saturated carbocycles. The quantitative estimate of drug-likeness (QED) is 0.430. The first-order chi connectivity index (χ1) is 19.4. The van der Waals surface area contributed by atoms with Crippen LogP contribution in [0.2, 0.25) is 0 Å². The first kappa shape index (κ1) is 27.2. The third-order valence-corrected chi connectivity index (χ3v) is 8.53. The summed E-state index contributed by atoms with van der Waals surface area (Å²) in [6.45, 7) is 1.58. The number of hydrogen-bond donors (Lipinski definition) is 2. The topological polar surface area (TPSA) is 113 Å². The van der Waals surface area contributed by atoms with Crippen molar-refractivity contribution in [2.75, 3.05) is 14.1 Å². The molecule has 8 nitrogen and oxygen atoms in total. The SMILES string of the molecule is Cc1ccc(C(F)(F)F)c2c1C(O)=C1C(=O)[C@]3(O)C(=O)c4c(OCc5ccccc5)noc4[C@@H](N(C)C)[C@@H]3C[C@@H]1C2. The Bertz CT molecular complexity index is 1610. The van der Waals surface area contributed by atoms with E-state index in [4.69, 9.17) is 9.26 Å². The maximum Gasteiger partial charge on any atom is 0.416 e. The van der Waals surface area contributed by atoms with Crippen molar-refractivity contribution in [2.24, 2.45) is 11.8 Å². The van der Waals surface area contributed by atoms with Crippen LogP contribution in [0.25, 0.3) is 5.76 Å². The lowest BCUT2D eigenvalue weighted by molar-refractivity contribution is -0.142. The molecule has 3 aromatic rings. The molecule has 6 rings (SSSR count). The summed E-state index contributed by atoms with van der Waals surface area (Å²) < 4.78 is 53.2. The third-order valence-electron chi connectivity index (χ3n) is 8.53. The Labute approximate surface area is 233 Å². The summed E-state index contributed by atoms with van der Waals surface area (Å²) in [5.41, 5.74) is -2.99. The molecule has 1 fully saturated rings. The number of nitrogens with zero attached hydrogens (tertiary/aromatic N) is 2. The summed E-state index contributed by atoms with van der Waals surface area (Å²) in [6, 6.07) is 10.5. The maximum atomic E-state index is 14.1. The van der Waals surface area contributed by atoms with E-state index in [2.05, 4.69) is 5.16 Å². The first-order valence-corrected chi connectivity index (χ1v) is 13.1. The number of Topliss-reactive ketones (excluding diaryl/α,β-unsaturated/α-hetero) is 2. The summed E-state index contributed by atoms with van der Waals surface area (Å²) >= 11 is 0. The Kier molecular flexibility index (Phi) is 6.16. The summed E-state index contributed by atoms with van der Waals surface area (Å²) in [7, 11) is 3.35. The molecular formula is C30H27F3N2O6. The average Bonchev–Trinajstić information content (AvgIpc) is 3.32. The van der Waals surface area contributed by atoms with E-state index in [1.165, 1.54) is 13.0 Å². The minimum absolute atomic E-state index is 0.0428. The predicted octanol–water partition coefficient (Wildman–Crippen LogP) is 4.84. The number of hydrogen-bond acceptors (Lipinski definition) is 8. The van der Waals surface area contributed by atoms with Gasteiger partial charge in [-0.15, -0.1) is 0 Å². The summed E-state index contributed by atoms with van der Waals surface area (Å²) in [6.07, 6.45) is -4.92. The van der Waals surface area contributed by atoms with E-state index in [-0.39, 0.29) is 53.4 Å². The van der Waals surface area contributed by atoms with Crippen molar-refractivity contribution in [2.45, 2.75) is 44.2 Å². The monoisotopic (exact) mass is 568 g/mol. The molecule has 2 N–H and O–H groups in total. The highest BCUT2D eigenvalue weighted by Crippen LogP contribution is 2.56. The van der Waals surface area contributed by atoms with E-state index in [0.717, 1.165) is 11.6 Å². The van der Waals surface area contributed by atoms with Crippen molar-refractivity contribution < 1.29 is 42.2 Å². The van der Waals surface area contributed by atoms with Gasteiger partial charge in [0.05, 0.1) is 11.6 Å². The van der Waals surface area contributed by atoms with Crippen LogP contribution in [0.15, 0.2) is 52.6 Å². The number of rotatable bonds is 4. The van der Waals surface area contributed by atoms with E-state index >= 15 is 0 Å². The largest absolute Gasteiger partial charge is 0.507 e. The van der Waals surface area contributed by atoms with Gasteiger partial charge in [0.25, 0.3) is 5.88 Å². The zero-order valence-corrected chi connectivity index (χ0v) is 22.5. The first-order valence-electron chi connectivity index (χ1n) is 13.1. The van der Waals surface area contributed by atoms with Crippen LogP contribution in [0.4, 0.5) is 13.2 Å². The van der Waals surface area contributed by atoms with Gasteiger partial charge in [0.1, 0.15) is 17.9 Å². The van der Waals surface area contributed by atoms with E-state index in [0.29, 0.717) is 5.56 Å². The van der Waals surface area contributed by atoms with Gasteiger partial charge < -0.3 is 19.5 Å². The molecule has 0 bridgehead atoms. The molecule has 4 atom stereocenters. The fourth-order valence-electron chi connectivity index (χ4n) is 6.71. The van der Waals surface area contributed by atoms with E-state index in [1.807, 2.05) is 30.3 Å². The minimum Gasteiger partial charge on any atom is -0.507 e. The molecule has 0 saturated heterocycles. The Morgan fingerprint density at radius 2 is 1.80 bits per heavy atom. The van der Waals surface area contributed by atoms with Crippen LogP contribution in [-0.4, -0.2) is 51.5 Å². The van der Waals surface area contributed by atoms with Gasteiger partial charge in [-0.2, -0.15) is 13.2 Å². The van der Waals surface area contributed by atoms with Crippen molar-refractivity contribution >= 4 is 17.3 Å². The summed E-state index contributed by atoms with van der Waals surface area (Å²) in [5, 5.41) is 27.2. The summed E-state index contributed by atoms with van der Waals surface area (Å²) in [4.78, 5) is 29.8. The normalized spacial score (nSPS) is 25.5. The second-order valence-electron chi connectivity index (χ2n) is 11.1. The molecule has 1 aromatic heterocycles. The zero-order valence-electron chi connectivity index (χ0n) is 22.5. The number of aromatic nitrogens is 1. The van der Waals surface area contributed by atoms with Gasteiger partial charge >= 0.3 is 6.18 Å². The summed E-state index contributed by atoms with van der Waals surface area (Å²) in [5.74, 6) is -4.67. The van der Waals surface area contributed by atoms with Crippen molar-refractivity contribution in [3.63, 3.8) is 0 Å². The van der Waals surface area contributed by atoms with Crippen LogP contribution in [0.5, 0.6) is 5.88 Å². The van der Waals surface area contributed by atoms with Gasteiger partial charge in [-0.3, -0.25) is 14.5 Å². The molecule has 0 aliphatic heterocycles. The molecule has 0 radical (unpaired) electrons. The number of aliphatic hydroxyl groups excluding tert-OH is 1. The highest BCUT2D eigenvalue weighted by molar-refractivity contribution is 6.26. The number of benzene rings is 2. The zero-order chi connectivity index (χ0) is 29.4. The lowest BCUT2D eigenvalue weighted by Gasteiger charge is -2.49. The van der Waals surface area contributed by atoms with Gasteiger partial charge in [0.2, 0.25) is 11.6 Å². The second-order valence-corrected chi connectivity index (χ2v) is 11.1. The molecule has 3 aliphatic rings. The second kappa shape index (κ2) is 9.28. The predicted molar refractivity (Wildman–Crippen MR) is 139 cm³/mol. The van der Waals surface area contributed by atoms with E-state index in [1.54, 1.807) is 19.0 Å². The Hall–Kier alpha value is -3.96. The molecule has 3 aliphatic carbocycles. The molecular weight excluding hydrogens is 541 g/mol.